The van der Waals surface area contributed by atoms with Crippen LogP contribution in [0.3, 0.4) is 0 Å². The lowest BCUT2D eigenvalue weighted by Gasteiger charge is -2.21. The number of nitrogens with zero attached hydrogens (tertiary/aromatic N) is 2. The molecule has 0 spiro atoms. The van der Waals surface area contributed by atoms with E-state index in [2.05, 4.69) is 16.9 Å². The van der Waals surface area contributed by atoms with Gasteiger partial charge in [-0.25, -0.2) is 13.6 Å². The summed E-state index contributed by atoms with van der Waals surface area (Å²) in [5, 5.41) is 8.04. The van der Waals surface area contributed by atoms with Gasteiger partial charge < -0.3 is 10.2 Å². The normalized spacial score (nSPS) is 12.3. The number of sulfonamides is 1. The fourth-order valence-electron chi connectivity index (χ4n) is 1.33. The Labute approximate surface area is 110 Å². The quantitative estimate of drug-likeness (QED) is 0.286. The Morgan fingerprint density at radius 1 is 1.56 bits per heavy atom. The Kier molecular flexibility index (Phi) is 8.40. The zero-order chi connectivity index (χ0) is 14.0. The number of unbranched alkanes of at least 4 members (excludes halogenated alkanes) is 1. The first-order valence-electron chi connectivity index (χ1n) is 6.01. The van der Waals surface area contributed by atoms with E-state index in [9.17, 15) is 8.42 Å². The predicted molar refractivity (Wildman–Crippen MR) is 76.0 cm³/mol. The minimum Gasteiger partial charge on any atom is -0.357 e. The van der Waals surface area contributed by atoms with Crippen molar-refractivity contribution in [1.29, 1.82) is 0 Å². The maximum absolute atomic E-state index is 10.8. The van der Waals surface area contributed by atoms with E-state index in [0.717, 1.165) is 25.9 Å². The molecule has 3 N–H and O–H groups in total. The molecular weight excluding hydrogens is 252 g/mol. The fraction of sp³-hybridized carbons (Fsp3) is 0.727. The molecule has 0 rings (SSSR count). The van der Waals surface area contributed by atoms with Crippen molar-refractivity contribution in [2.75, 3.05) is 32.4 Å². The summed E-state index contributed by atoms with van der Waals surface area (Å²) >= 11 is 0. The van der Waals surface area contributed by atoms with Gasteiger partial charge in [0, 0.05) is 20.1 Å². The van der Waals surface area contributed by atoms with Gasteiger partial charge in [-0.1, -0.05) is 6.08 Å². The molecule has 0 aromatic carbocycles. The van der Waals surface area contributed by atoms with Crippen molar-refractivity contribution in [3.05, 3.63) is 12.7 Å². The molecule has 0 aliphatic rings. The SMILES string of the molecule is C=CCCCN(C)C(=NCCS(N)(=O)=O)NCC. The molecular formula is C11H24N4O2S. The first-order valence-corrected chi connectivity index (χ1v) is 7.73. The van der Waals surface area contributed by atoms with E-state index in [1.807, 2.05) is 24.9 Å². The molecule has 18 heavy (non-hydrogen) atoms. The van der Waals surface area contributed by atoms with Crippen LogP contribution in [0, 0.1) is 0 Å². The maximum Gasteiger partial charge on any atom is 0.210 e. The lowest BCUT2D eigenvalue weighted by molar-refractivity contribution is 0.470. The molecule has 106 valence electrons. The molecule has 7 heteroatoms. The van der Waals surface area contributed by atoms with Gasteiger partial charge in [0.1, 0.15) is 0 Å². The predicted octanol–water partition coefficient (Wildman–Crippen LogP) is 0.138. The standard InChI is InChI=1S/C11H24N4O2S/c1-4-6-7-9-15(3)11(13-5-2)14-8-10-18(12,16)17/h4H,1,5-10H2,2-3H3,(H,13,14)(H2,12,16,17). The Morgan fingerprint density at radius 2 is 2.22 bits per heavy atom. The van der Waals surface area contributed by atoms with Crippen LogP contribution in [0.5, 0.6) is 0 Å². The molecule has 0 bridgehead atoms. The summed E-state index contributed by atoms with van der Waals surface area (Å²) in [5.74, 6) is 0.563. The molecule has 0 atom stereocenters. The number of aliphatic imine (C=N–C) groups is 1. The molecule has 0 aliphatic carbocycles. The molecule has 0 heterocycles. The highest BCUT2D eigenvalue weighted by Gasteiger charge is 2.06. The van der Waals surface area contributed by atoms with Gasteiger partial charge in [-0.15, -0.1) is 6.58 Å². The second kappa shape index (κ2) is 8.93. The molecule has 0 fully saturated rings. The first kappa shape index (κ1) is 16.9. The molecule has 0 aliphatic heterocycles. The number of nitrogens with one attached hydrogen (secondary N) is 1. The van der Waals surface area contributed by atoms with E-state index in [0.29, 0.717) is 5.96 Å². The number of allylic oxidation sites excluding steroid dienone is 1. The lowest BCUT2D eigenvalue weighted by atomic mass is 10.3. The molecule has 6 nitrogen and oxygen atoms in total. The second-order valence-corrected chi connectivity index (χ2v) is 5.69. The third-order valence-electron chi connectivity index (χ3n) is 2.24. The number of primary sulfonamides is 1. The monoisotopic (exact) mass is 276 g/mol. The summed E-state index contributed by atoms with van der Waals surface area (Å²) < 4.78 is 21.6. The highest BCUT2D eigenvalue weighted by atomic mass is 32.2. The van der Waals surface area contributed by atoms with E-state index in [1.54, 1.807) is 0 Å². The van der Waals surface area contributed by atoms with Crippen LogP contribution in [0.15, 0.2) is 17.6 Å². The van der Waals surface area contributed by atoms with Crippen LogP contribution in [0.1, 0.15) is 19.8 Å². The van der Waals surface area contributed by atoms with Crippen LogP contribution in [0.2, 0.25) is 0 Å². The Bertz CT molecular complexity index is 365. The number of hydrogen-bond donors (Lipinski definition) is 2. The van der Waals surface area contributed by atoms with Crippen molar-refractivity contribution in [3.8, 4) is 0 Å². The zero-order valence-electron chi connectivity index (χ0n) is 11.2. The Morgan fingerprint density at radius 3 is 2.72 bits per heavy atom. The minimum atomic E-state index is -3.45. The van der Waals surface area contributed by atoms with Crippen molar-refractivity contribution in [2.45, 2.75) is 19.8 Å². The second-order valence-electron chi connectivity index (χ2n) is 3.96. The van der Waals surface area contributed by atoms with Crippen LogP contribution in [-0.2, 0) is 10.0 Å². The van der Waals surface area contributed by atoms with Crippen LogP contribution >= 0.6 is 0 Å². The number of rotatable bonds is 8. The number of guanidine groups is 1. The molecule has 0 amide bonds. The van der Waals surface area contributed by atoms with Crippen molar-refractivity contribution in [1.82, 2.24) is 10.2 Å². The molecule has 0 radical (unpaired) electrons. The Balaban J connectivity index is 4.33. The highest BCUT2D eigenvalue weighted by Crippen LogP contribution is 1.95. The molecule has 0 unspecified atom stereocenters. The van der Waals surface area contributed by atoms with Gasteiger partial charge in [-0.3, -0.25) is 4.99 Å². The summed E-state index contributed by atoms with van der Waals surface area (Å²) in [4.78, 5) is 6.19. The van der Waals surface area contributed by atoms with Crippen molar-refractivity contribution >= 4 is 16.0 Å². The third kappa shape index (κ3) is 9.00. The summed E-state index contributed by atoms with van der Waals surface area (Å²) in [7, 11) is -1.53. The third-order valence-corrected chi connectivity index (χ3v) is 2.99. The van der Waals surface area contributed by atoms with Crippen LogP contribution in [0.4, 0.5) is 0 Å². The van der Waals surface area contributed by atoms with E-state index >= 15 is 0 Å². The lowest BCUT2D eigenvalue weighted by Crippen LogP contribution is -2.39. The number of nitrogens with two attached hydrogens (primary N) is 1. The van der Waals surface area contributed by atoms with E-state index < -0.39 is 10.0 Å². The molecule has 0 aromatic heterocycles. The first-order chi connectivity index (χ1) is 8.40. The van der Waals surface area contributed by atoms with Crippen molar-refractivity contribution in [3.63, 3.8) is 0 Å². The van der Waals surface area contributed by atoms with Crippen LogP contribution < -0.4 is 10.5 Å². The van der Waals surface area contributed by atoms with Gasteiger partial charge in [-0.05, 0) is 19.8 Å². The van der Waals surface area contributed by atoms with E-state index in [4.69, 9.17) is 5.14 Å². The van der Waals surface area contributed by atoms with Gasteiger partial charge in [0.25, 0.3) is 0 Å². The Hall–Kier alpha value is -1.08. The van der Waals surface area contributed by atoms with Gasteiger partial charge in [0.05, 0.1) is 12.3 Å². The largest absolute Gasteiger partial charge is 0.357 e. The highest BCUT2D eigenvalue weighted by molar-refractivity contribution is 7.89. The smallest absolute Gasteiger partial charge is 0.210 e. The van der Waals surface area contributed by atoms with Crippen LogP contribution in [-0.4, -0.2) is 51.7 Å². The minimum absolute atomic E-state index is 0.137. The fourth-order valence-corrected chi connectivity index (χ4v) is 1.67. The van der Waals surface area contributed by atoms with E-state index in [-0.39, 0.29) is 12.3 Å². The van der Waals surface area contributed by atoms with Crippen molar-refractivity contribution < 1.29 is 8.42 Å². The summed E-state index contributed by atoms with van der Waals surface area (Å²) in [6.07, 6.45) is 3.80. The van der Waals surface area contributed by atoms with E-state index in [1.165, 1.54) is 0 Å². The molecule has 0 aromatic rings. The average molecular weight is 276 g/mol. The summed E-state index contributed by atoms with van der Waals surface area (Å²) in [6, 6.07) is 0. The zero-order valence-corrected chi connectivity index (χ0v) is 12.0. The van der Waals surface area contributed by atoms with Gasteiger partial charge in [0.15, 0.2) is 5.96 Å². The average Bonchev–Trinajstić information content (AvgIpc) is 2.26. The summed E-state index contributed by atoms with van der Waals surface area (Å²) in [5.41, 5.74) is 0. The molecule has 0 saturated heterocycles. The van der Waals surface area contributed by atoms with Crippen molar-refractivity contribution in [2.24, 2.45) is 10.1 Å². The van der Waals surface area contributed by atoms with Gasteiger partial charge >= 0.3 is 0 Å². The maximum atomic E-state index is 10.8. The number of hydrogen-bond acceptors (Lipinski definition) is 3. The summed E-state index contributed by atoms with van der Waals surface area (Å²) in [6.45, 7) is 7.39. The van der Waals surface area contributed by atoms with Gasteiger partial charge in [-0.2, -0.15) is 0 Å². The van der Waals surface area contributed by atoms with Gasteiger partial charge in [0.2, 0.25) is 10.0 Å². The molecule has 0 saturated carbocycles. The van der Waals surface area contributed by atoms with Crippen LogP contribution in [0.25, 0.3) is 0 Å². The topological polar surface area (TPSA) is 87.8 Å².